The number of fused-ring (bicyclic) bond motifs is 2. The van der Waals surface area contributed by atoms with Crippen LogP contribution in [-0.4, -0.2) is 31.1 Å². The number of rotatable bonds is 3. The molecule has 0 saturated heterocycles. The molecule has 0 aliphatic heterocycles. The molecule has 0 unspecified atom stereocenters. The Labute approximate surface area is 133 Å². The van der Waals surface area contributed by atoms with Gasteiger partial charge in [-0.05, 0) is 38.4 Å². The number of methoxy groups -OCH3 is 1. The van der Waals surface area contributed by atoms with Crippen molar-refractivity contribution in [1.29, 1.82) is 0 Å². The molecule has 6 heteroatoms. The molecule has 2 aromatic heterocycles. The van der Waals surface area contributed by atoms with Crippen molar-refractivity contribution < 1.29 is 9.15 Å². The lowest BCUT2D eigenvalue weighted by molar-refractivity contribution is 0.371. The molecule has 1 aromatic carbocycles. The van der Waals surface area contributed by atoms with E-state index >= 15 is 0 Å². The molecule has 0 fully saturated rings. The van der Waals surface area contributed by atoms with Crippen LogP contribution < -0.4 is 10.2 Å². The molecule has 0 N–H and O–H groups in total. The van der Waals surface area contributed by atoms with Crippen molar-refractivity contribution in [3.05, 3.63) is 46.2 Å². The van der Waals surface area contributed by atoms with Gasteiger partial charge in [0.25, 0.3) is 0 Å². The lowest BCUT2D eigenvalue weighted by Gasteiger charge is -2.15. The van der Waals surface area contributed by atoms with Gasteiger partial charge in [-0.1, -0.05) is 0 Å². The van der Waals surface area contributed by atoms with Gasteiger partial charge < -0.3 is 14.1 Å². The fourth-order valence-corrected chi connectivity index (χ4v) is 2.45. The average molecular weight is 321 g/mol. The van der Waals surface area contributed by atoms with E-state index in [-0.39, 0.29) is 17.8 Å². The zero-order valence-electron chi connectivity index (χ0n) is 12.6. The first-order valence-corrected chi connectivity index (χ1v) is 6.64. The van der Waals surface area contributed by atoms with Gasteiger partial charge in [0.2, 0.25) is 11.1 Å². The largest absolute Gasteiger partial charge is 0.496 e. The highest BCUT2D eigenvalue weighted by molar-refractivity contribution is 5.90. The molecule has 0 aliphatic rings. The summed E-state index contributed by atoms with van der Waals surface area (Å²) >= 11 is 0. The Morgan fingerprint density at radius 1 is 1.23 bits per heavy atom. The summed E-state index contributed by atoms with van der Waals surface area (Å²) in [5.74, 6) is 0.703. The Morgan fingerprint density at radius 3 is 2.68 bits per heavy atom. The molecule has 0 saturated carbocycles. The van der Waals surface area contributed by atoms with Crippen LogP contribution in [0.1, 0.15) is 5.56 Å². The van der Waals surface area contributed by atoms with Crippen molar-refractivity contribution in [2.45, 2.75) is 6.54 Å². The van der Waals surface area contributed by atoms with Crippen molar-refractivity contribution in [2.75, 3.05) is 21.2 Å². The summed E-state index contributed by atoms with van der Waals surface area (Å²) in [6.07, 6.45) is 1.61. The average Bonchev–Trinajstić information content (AvgIpc) is 2.48. The minimum absolute atomic E-state index is 0. The summed E-state index contributed by atoms with van der Waals surface area (Å²) in [5, 5.41) is 1.04. The third-order valence-electron chi connectivity index (χ3n) is 3.37. The smallest absolute Gasteiger partial charge is 0.230 e. The van der Waals surface area contributed by atoms with Crippen LogP contribution in [0.3, 0.4) is 0 Å². The van der Waals surface area contributed by atoms with Gasteiger partial charge >= 0.3 is 0 Å². The lowest BCUT2D eigenvalue weighted by atomic mass is 10.1. The first-order valence-electron chi connectivity index (χ1n) is 6.64. The first-order chi connectivity index (χ1) is 10.1. The molecule has 5 nitrogen and oxygen atoms in total. The third kappa shape index (κ3) is 2.65. The number of aromatic nitrogens is 1. The molecule has 0 aliphatic carbocycles. The molecule has 0 spiro atoms. The van der Waals surface area contributed by atoms with Crippen molar-refractivity contribution in [1.82, 2.24) is 9.88 Å². The number of pyridine rings is 1. The minimum atomic E-state index is -0.0676. The highest BCUT2D eigenvalue weighted by atomic mass is 35.5. The molecule has 3 aromatic rings. The summed E-state index contributed by atoms with van der Waals surface area (Å²) in [6.45, 7) is 0.613. The molecule has 2 heterocycles. The molecule has 3 rings (SSSR count). The highest BCUT2D eigenvalue weighted by Gasteiger charge is 2.16. The number of halogens is 1. The molecule has 116 valence electrons. The van der Waals surface area contributed by atoms with E-state index in [0.717, 1.165) is 5.56 Å². The van der Waals surface area contributed by atoms with Crippen LogP contribution in [0.4, 0.5) is 0 Å². The fourth-order valence-electron chi connectivity index (χ4n) is 2.45. The zero-order chi connectivity index (χ0) is 15.0. The van der Waals surface area contributed by atoms with Gasteiger partial charge in [0.15, 0.2) is 0 Å². The molecule has 22 heavy (non-hydrogen) atoms. The summed E-state index contributed by atoms with van der Waals surface area (Å²) in [7, 11) is 5.52. The van der Waals surface area contributed by atoms with Gasteiger partial charge in [-0.2, -0.15) is 0 Å². The number of nitrogens with zero attached hydrogens (tertiary/aromatic N) is 2. The van der Waals surface area contributed by atoms with Gasteiger partial charge in [0, 0.05) is 12.7 Å². The SMILES string of the molecule is COc1ccc2c(=O)c3cccnc3oc2c1CN(C)C.Cl. The highest BCUT2D eigenvalue weighted by Crippen LogP contribution is 2.29. The van der Waals surface area contributed by atoms with Crippen LogP contribution in [0.2, 0.25) is 0 Å². The number of benzene rings is 1. The second-order valence-corrected chi connectivity index (χ2v) is 5.15. The van der Waals surface area contributed by atoms with E-state index in [1.54, 1.807) is 37.6 Å². The number of hydrogen-bond acceptors (Lipinski definition) is 5. The standard InChI is InChI=1S/C16H16N2O3.ClH/c1-18(2)9-12-13(20-3)7-6-10-14(19)11-5-4-8-17-16(11)21-15(10)12;/h4-8H,9H2,1-3H3;1H. The van der Waals surface area contributed by atoms with E-state index in [1.165, 1.54) is 0 Å². The van der Waals surface area contributed by atoms with Gasteiger partial charge in [-0.15, -0.1) is 12.4 Å². The normalized spacial score (nSPS) is 10.9. The van der Waals surface area contributed by atoms with E-state index in [9.17, 15) is 4.79 Å². The summed E-state index contributed by atoms with van der Waals surface area (Å²) in [5.41, 5.74) is 1.68. The maximum absolute atomic E-state index is 12.6. The van der Waals surface area contributed by atoms with Crippen LogP contribution in [-0.2, 0) is 6.54 Å². The van der Waals surface area contributed by atoms with Crippen LogP contribution >= 0.6 is 12.4 Å². The molecule has 0 amide bonds. The minimum Gasteiger partial charge on any atom is -0.496 e. The molecular weight excluding hydrogens is 304 g/mol. The van der Waals surface area contributed by atoms with Gasteiger partial charge in [0.1, 0.15) is 11.3 Å². The van der Waals surface area contributed by atoms with E-state index in [0.29, 0.717) is 34.4 Å². The Morgan fingerprint density at radius 2 is 2.00 bits per heavy atom. The predicted molar refractivity (Wildman–Crippen MR) is 89.0 cm³/mol. The monoisotopic (exact) mass is 320 g/mol. The third-order valence-corrected chi connectivity index (χ3v) is 3.37. The van der Waals surface area contributed by atoms with Gasteiger partial charge in [-0.25, -0.2) is 4.98 Å². The van der Waals surface area contributed by atoms with Gasteiger partial charge in [-0.3, -0.25) is 4.79 Å². The fraction of sp³-hybridized carbons (Fsp3) is 0.250. The Kier molecular flexibility index (Phi) is 4.68. The Balaban J connectivity index is 0.00000176. The van der Waals surface area contributed by atoms with E-state index in [1.807, 2.05) is 19.0 Å². The summed E-state index contributed by atoms with van der Waals surface area (Å²) < 4.78 is 11.3. The maximum Gasteiger partial charge on any atom is 0.230 e. The van der Waals surface area contributed by atoms with Crippen LogP contribution in [0, 0.1) is 0 Å². The Bertz CT molecular complexity index is 874. The molecule has 0 atom stereocenters. The van der Waals surface area contributed by atoms with Crippen molar-refractivity contribution >= 4 is 34.5 Å². The van der Waals surface area contributed by atoms with Gasteiger partial charge in [0.05, 0.1) is 23.4 Å². The van der Waals surface area contributed by atoms with Crippen molar-refractivity contribution in [3.63, 3.8) is 0 Å². The molecule has 0 radical (unpaired) electrons. The Hall–Kier alpha value is -2.11. The molecule has 0 bridgehead atoms. The van der Waals surface area contributed by atoms with Crippen LogP contribution in [0.15, 0.2) is 39.7 Å². The first kappa shape index (κ1) is 16.3. The van der Waals surface area contributed by atoms with E-state index in [2.05, 4.69) is 4.98 Å². The van der Waals surface area contributed by atoms with Crippen LogP contribution in [0.5, 0.6) is 5.75 Å². The second-order valence-electron chi connectivity index (χ2n) is 5.15. The van der Waals surface area contributed by atoms with Crippen LogP contribution in [0.25, 0.3) is 22.1 Å². The lowest BCUT2D eigenvalue weighted by Crippen LogP contribution is -2.13. The summed E-state index contributed by atoms with van der Waals surface area (Å²) in [4.78, 5) is 18.7. The second kappa shape index (κ2) is 6.34. The van der Waals surface area contributed by atoms with E-state index in [4.69, 9.17) is 9.15 Å². The van der Waals surface area contributed by atoms with E-state index < -0.39 is 0 Å². The topological polar surface area (TPSA) is 55.6 Å². The predicted octanol–water partition coefficient (Wildman–Crippen LogP) is 2.83. The number of hydrogen-bond donors (Lipinski definition) is 0. The maximum atomic E-state index is 12.6. The van der Waals surface area contributed by atoms with Crippen molar-refractivity contribution in [2.24, 2.45) is 0 Å². The quantitative estimate of drug-likeness (QED) is 0.695. The molecular formula is C16H17ClN2O3. The number of ether oxygens (including phenoxy) is 1. The zero-order valence-corrected chi connectivity index (χ0v) is 13.4. The van der Waals surface area contributed by atoms with Crippen molar-refractivity contribution in [3.8, 4) is 5.75 Å². The summed E-state index contributed by atoms with van der Waals surface area (Å²) in [6, 6.07) is 7.00.